The van der Waals surface area contributed by atoms with Gasteiger partial charge in [-0.2, -0.15) is 0 Å². The van der Waals surface area contributed by atoms with Gasteiger partial charge in [-0.25, -0.2) is 0 Å². The minimum absolute atomic E-state index is 0.116. The van der Waals surface area contributed by atoms with Crippen LogP contribution in [-0.4, -0.2) is 37.2 Å². The van der Waals surface area contributed by atoms with E-state index in [4.69, 9.17) is 14.2 Å². The second-order valence-corrected chi connectivity index (χ2v) is 17.1. The molecule has 368 valence electrons. The first-order valence-electron chi connectivity index (χ1n) is 26.4. The summed E-state index contributed by atoms with van der Waals surface area (Å²) in [6.07, 6.45) is 70.9. The zero-order valence-corrected chi connectivity index (χ0v) is 42.0. The number of unbranched alkanes of at least 4 members (excludes halogenated alkanes) is 18. The van der Waals surface area contributed by atoms with Crippen molar-refractivity contribution in [1.29, 1.82) is 0 Å². The number of rotatable bonds is 46. The van der Waals surface area contributed by atoms with Crippen LogP contribution in [0.1, 0.15) is 226 Å². The van der Waals surface area contributed by atoms with Crippen molar-refractivity contribution in [3.05, 3.63) is 109 Å². The molecule has 6 nitrogen and oxygen atoms in total. The number of carbonyl (C=O) groups excluding carboxylic acids is 3. The van der Waals surface area contributed by atoms with E-state index in [2.05, 4.69) is 118 Å². The first kappa shape index (κ1) is 61.1. The van der Waals surface area contributed by atoms with E-state index in [1.807, 2.05) is 12.2 Å². The molecule has 0 spiro atoms. The fourth-order valence-corrected chi connectivity index (χ4v) is 6.79. The quantitative estimate of drug-likeness (QED) is 0.0199. The first-order chi connectivity index (χ1) is 32.0. The Balaban J connectivity index is 4.51. The van der Waals surface area contributed by atoms with E-state index < -0.39 is 6.10 Å². The molecule has 65 heavy (non-hydrogen) atoms. The summed E-state index contributed by atoms with van der Waals surface area (Å²) >= 11 is 0. The van der Waals surface area contributed by atoms with Crippen LogP contribution in [0, 0.1) is 0 Å². The summed E-state index contributed by atoms with van der Waals surface area (Å²) < 4.78 is 16.7. The average Bonchev–Trinajstić information content (AvgIpc) is 3.30. The van der Waals surface area contributed by atoms with Gasteiger partial charge in [0.05, 0.1) is 0 Å². The van der Waals surface area contributed by atoms with Crippen molar-refractivity contribution in [1.82, 2.24) is 0 Å². The van der Waals surface area contributed by atoms with E-state index in [0.29, 0.717) is 12.8 Å². The van der Waals surface area contributed by atoms with Crippen LogP contribution in [0.15, 0.2) is 109 Å². The lowest BCUT2D eigenvalue weighted by molar-refractivity contribution is -0.166. The molecule has 0 amide bonds. The van der Waals surface area contributed by atoms with Crippen LogP contribution in [0.3, 0.4) is 0 Å². The Morgan fingerprint density at radius 3 is 1.17 bits per heavy atom. The monoisotopic (exact) mass is 901 g/mol. The van der Waals surface area contributed by atoms with Gasteiger partial charge in [0.1, 0.15) is 13.2 Å². The normalized spacial score (nSPS) is 13.0. The Bertz CT molecular complexity index is 1360. The molecule has 1 atom stereocenters. The van der Waals surface area contributed by atoms with E-state index in [0.717, 1.165) is 116 Å². The molecule has 0 aliphatic heterocycles. The SMILES string of the molecule is CC/C=C\C/C=C\C/C=C\C/C=C\C/C=C\C/C=C\CCC(=O)OCC(COC(=O)CCCCCC/C=C\CCCC)OC(=O)CCCCCCC/C=C\C=C/CCCCCCCCC. The third kappa shape index (κ3) is 50.9. The smallest absolute Gasteiger partial charge is 0.306 e. The number of esters is 3. The molecule has 0 radical (unpaired) electrons. The minimum atomic E-state index is -0.822. The highest BCUT2D eigenvalue weighted by Crippen LogP contribution is 2.12. The van der Waals surface area contributed by atoms with Crippen LogP contribution in [0.5, 0.6) is 0 Å². The molecule has 0 heterocycles. The summed E-state index contributed by atoms with van der Waals surface area (Å²) in [5, 5.41) is 0. The Labute approximate surface area is 400 Å². The molecule has 1 unspecified atom stereocenters. The van der Waals surface area contributed by atoms with Gasteiger partial charge < -0.3 is 14.2 Å². The maximum Gasteiger partial charge on any atom is 0.306 e. The topological polar surface area (TPSA) is 78.9 Å². The third-order valence-electron chi connectivity index (χ3n) is 10.8. The van der Waals surface area contributed by atoms with E-state index in [1.54, 1.807) is 0 Å². The van der Waals surface area contributed by atoms with Crippen molar-refractivity contribution in [3.63, 3.8) is 0 Å². The van der Waals surface area contributed by atoms with Gasteiger partial charge in [0.15, 0.2) is 6.10 Å². The maximum atomic E-state index is 12.8. The van der Waals surface area contributed by atoms with Gasteiger partial charge in [-0.05, 0) is 103 Å². The lowest BCUT2D eigenvalue weighted by Crippen LogP contribution is -2.30. The standard InChI is InChI=1S/C59H96O6/c1-4-7-10-13-16-19-22-24-26-28-30-32-33-35-37-40-43-46-49-52-58(61)64-55-56(54-63-57(60)51-48-45-42-39-21-18-15-12-9-6-3)65-59(62)53-50-47-44-41-38-36-34-31-29-27-25-23-20-17-14-11-8-5-2/h7,10,15-16,18-19,24,26-27,29-32,34-35,37,43,46,56H,4-6,8-9,11-14,17,20-23,25,28,33,36,38-42,44-45,47-55H2,1-3H3/b10-7-,18-15-,19-16-,26-24-,29-27-,32-30-,34-31-,37-35-,46-43-. The van der Waals surface area contributed by atoms with Gasteiger partial charge in [-0.3, -0.25) is 14.4 Å². The van der Waals surface area contributed by atoms with Crippen molar-refractivity contribution >= 4 is 17.9 Å². The first-order valence-corrected chi connectivity index (χ1v) is 26.4. The van der Waals surface area contributed by atoms with Crippen LogP contribution >= 0.6 is 0 Å². The summed E-state index contributed by atoms with van der Waals surface area (Å²) in [6, 6.07) is 0. The van der Waals surface area contributed by atoms with Crippen molar-refractivity contribution in [2.24, 2.45) is 0 Å². The molecule has 0 saturated carbocycles. The summed E-state index contributed by atoms with van der Waals surface area (Å²) in [6.45, 7) is 6.37. The Morgan fingerprint density at radius 2 is 0.692 bits per heavy atom. The molecule has 6 heteroatoms. The van der Waals surface area contributed by atoms with Gasteiger partial charge >= 0.3 is 17.9 Å². The molecule has 0 fully saturated rings. The molecule has 0 aliphatic carbocycles. The Morgan fingerprint density at radius 1 is 0.338 bits per heavy atom. The number of carbonyl (C=O) groups is 3. The fourth-order valence-electron chi connectivity index (χ4n) is 6.79. The zero-order chi connectivity index (χ0) is 47.2. The fraction of sp³-hybridized carbons (Fsp3) is 0.644. The summed E-state index contributed by atoms with van der Waals surface area (Å²) in [5.74, 6) is -1.04. The average molecular weight is 901 g/mol. The summed E-state index contributed by atoms with van der Waals surface area (Å²) in [5.41, 5.74) is 0. The van der Waals surface area contributed by atoms with Crippen LogP contribution in [0.2, 0.25) is 0 Å². The van der Waals surface area contributed by atoms with Crippen molar-refractivity contribution in [2.75, 3.05) is 13.2 Å². The molecule has 0 rings (SSSR count). The lowest BCUT2D eigenvalue weighted by Gasteiger charge is -2.18. The maximum absolute atomic E-state index is 12.8. The van der Waals surface area contributed by atoms with Gasteiger partial charge in [0, 0.05) is 19.3 Å². The molecule has 0 bridgehead atoms. The Hall–Kier alpha value is -3.93. The van der Waals surface area contributed by atoms with Gasteiger partial charge in [-0.1, -0.05) is 214 Å². The van der Waals surface area contributed by atoms with Crippen LogP contribution < -0.4 is 0 Å². The van der Waals surface area contributed by atoms with Crippen LogP contribution in [0.4, 0.5) is 0 Å². The largest absolute Gasteiger partial charge is 0.462 e. The number of hydrogen-bond donors (Lipinski definition) is 0. The highest BCUT2D eigenvalue weighted by atomic mass is 16.6. The van der Waals surface area contributed by atoms with Crippen molar-refractivity contribution in [3.8, 4) is 0 Å². The van der Waals surface area contributed by atoms with Gasteiger partial charge in [0.25, 0.3) is 0 Å². The molecule has 0 aromatic rings. The van der Waals surface area contributed by atoms with E-state index in [9.17, 15) is 14.4 Å². The molecule has 0 aromatic heterocycles. The molecule has 0 saturated heterocycles. The zero-order valence-electron chi connectivity index (χ0n) is 42.0. The van der Waals surface area contributed by atoms with Crippen molar-refractivity contribution < 1.29 is 28.6 Å². The molecular formula is C59H96O6. The second kappa shape index (κ2) is 52.7. The summed E-state index contributed by atoms with van der Waals surface area (Å²) in [7, 11) is 0. The van der Waals surface area contributed by atoms with Crippen molar-refractivity contribution in [2.45, 2.75) is 232 Å². The van der Waals surface area contributed by atoms with Gasteiger partial charge in [0.2, 0.25) is 0 Å². The van der Waals surface area contributed by atoms with E-state index >= 15 is 0 Å². The predicted molar refractivity (Wildman–Crippen MR) is 279 cm³/mol. The van der Waals surface area contributed by atoms with Crippen LogP contribution in [0.25, 0.3) is 0 Å². The molecule has 0 N–H and O–H groups in total. The number of hydrogen-bond acceptors (Lipinski definition) is 6. The van der Waals surface area contributed by atoms with Gasteiger partial charge in [-0.15, -0.1) is 0 Å². The lowest BCUT2D eigenvalue weighted by atomic mass is 10.1. The van der Waals surface area contributed by atoms with Crippen LogP contribution in [-0.2, 0) is 28.6 Å². The molecular weight excluding hydrogens is 805 g/mol. The Kier molecular flexibility index (Phi) is 49.5. The second-order valence-electron chi connectivity index (χ2n) is 17.1. The molecule has 0 aliphatic rings. The number of ether oxygens (including phenoxy) is 3. The minimum Gasteiger partial charge on any atom is -0.462 e. The third-order valence-corrected chi connectivity index (χ3v) is 10.8. The highest BCUT2D eigenvalue weighted by Gasteiger charge is 2.19. The molecule has 0 aromatic carbocycles. The number of allylic oxidation sites excluding steroid dienone is 18. The summed E-state index contributed by atoms with van der Waals surface area (Å²) in [4.78, 5) is 37.9. The van der Waals surface area contributed by atoms with E-state index in [-0.39, 0.29) is 44.0 Å². The van der Waals surface area contributed by atoms with E-state index in [1.165, 1.54) is 64.2 Å². The highest BCUT2D eigenvalue weighted by molar-refractivity contribution is 5.71. The predicted octanol–water partition coefficient (Wildman–Crippen LogP) is 17.5.